The first-order chi connectivity index (χ1) is 4.46. The second-order valence-corrected chi connectivity index (χ2v) is 1.83. The smallest absolute Gasteiger partial charge is 0.371 e. The van der Waals surface area contributed by atoms with Gasteiger partial charge in [0.2, 0.25) is 5.76 Å². The van der Waals surface area contributed by atoms with Crippen LogP contribution < -0.4 is 0 Å². The molecule has 0 heterocycles. The van der Waals surface area contributed by atoms with Crippen molar-refractivity contribution in [1.82, 2.24) is 0 Å². The summed E-state index contributed by atoms with van der Waals surface area (Å²) in [4.78, 5) is 20.4. The highest BCUT2D eigenvalue weighted by Crippen LogP contribution is 2.00. The van der Waals surface area contributed by atoms with Gasteiger partial charge in [0, 0.05) is 5.57 Å². The lowest BCUT2D eigenvalue weighted by Crippen LogP contribution is -2.06. The van der Waals surface area contributed by atoms with Gasteiger partial charge < -0.3 is 10.2 Å². The summed E-state index contributed by atoms with van der Waals surface area (Å²) in [5.41, 5.74) is -0.132. The zero-order chi connectivity index (χ0) is 8.31. The molecule has 0 aromatic rings. The van der Waals surface area contributed by atoms with E-state index >= 15 is 0 Å². The number of hydrogen-bond donors (Lipinski definition) is 2. The summed E-state index contributed by atoms with van der Waals surface area (Å²) in [5, 5.41) is 16.8. The minimum absolute atomic E-state index is 0.132. The number of carboxylic acid groups (broad SMARTS) is 1. The average molecular weight is 144 g/mol. The van der Waals surface area contributed by atoms with Crippen molar-refractivity contribution in [3.05, 3.63) is 11.3 Å². The Bertz CT molecular complexity index is 180. The van der Waals surface area contributed by atoms with E-state index in [1.807, 2.05) is 0 Å². The standard InChI is InChI=1S/C6H8O4/c1-3(4(2)7)5(8)6(9)10/h8H,1-2H3,(H,9,10). The second kappa shape index (κ2) is 3.00. The van der Waals surface area contributed by atoms with Crippen LogP contribution in [0.3, 0.4) is 0 Å². The van der Waals surface area contributed by atoms with Gasteiger partial charge in [-0.1, -0.05) is 0 Å². The largest absolute Gasteiger partial charge is 0.502 e. The molecule has 10 heavy (non-hydrogen) atoms. The van der Waals surface area contributed by atoms with Crippen LogP contribution in [0.5, 0.6) is 0 Å². The Morgan fingerprint density at radius 1 is 1.10 bits per heavy atom. The van der Waals surface area contributed by atoms with Gasteiger partial charge >= 0.3 is 5.97 Å². The normalized spacial score (nSPS) is 12.2. The van der Waals surface area contributed by atoms with Crippen LogP contribution in [0.4, 0.5) is 0 Å². The van der Waals surface area contributed by atoms with E-state index < -0.39 is 17.5 Å². The number of aliphatic carboxylic acids is 1. The molecule has 4 heteroatoms. The zero-order valence-electron chi connectivity index (χ0n) is 5.71. The number of hydrogen-bond acceptors (Lipinski definition) is 3. The molecule has 0 radical (unpaired) electrons. The molecule has 0 amide bonds. The highest BCUT2D eigenvalue weighted by molar-refractivity contribution is 6.00. The van der Waals surface area contributed by atoms with Gasteiger partial charge in [0.25, 0.3) is 0 Å². The molecule has 0 aromatic heterocycles. The summed E-state index contributed by atoms with van der Waals surface area (Å²) >= 11 is 0. The van der Waals surface area contributed by atoms with E-state index in [4.69, 9.17) is 10.2 Å². The van der Waals surface area contributed by atoms with E-state index in [9.17, 15) is 9.59 Å². The SMILES string of the molecule is CC(=O)C(C)=C(O)C(=O)O. The number of carbonyl (C=O) groups is 2. The summed E-state index contributed by atoms with van der Waals surface area (Å²) in [6, 6.07) is 0. The summed E-state index contributed by atoms with van der Waals surface area (Å²) in [7, 11) is 0. The Morgan fingerprint density at radius 3 is 1.60 bits per heavy atom. The van der Waals surface area contributed by atoms with E-state index in [1.165, 1.54) is 13.8 Å². The quantitative estimate of drug-likeness (QED) is 0.437. The van der Waals surface area contributed by atoms with Crippen molar-refractivity contribution in [1.29, 1.82) is 0 Å². The fourth-order valence-electron chi connectivity index (χ4n) is 0.327. The van der Waals surface area contributed by atoms with Crippen LogP contribution in [0.2, 0.25) is 0 Å². The summed E-state index contributed by atoms with van der Waals surface area (Å²) < 4.78 is 0. The van der Waals surface area contributed by atoms with Gasteiger partial charge in [-0.25, -0.2) is 4.79 Å². The fourth-order valence-corrected chi connectivity index (χ4v) is 0.327. The van der Waals surface area contributed by atoms with Crippen molar-refractivity contribution in [3.8, 4) is 0 Å². The van der Waals surface area contributed by atoms with Gasteiger partial charge in [0.05, 0.1) is 0 Å². The predicted octanol–water partition coefficient (Wildman–Crippen LogP) is 0.492. The molecule has 0 aliphatic rings. The third kappa shape index (κ3) is 1.89. The van der Waals surface area contributed by atoms with Gasteiger partial charge in [-0.05, 0) is 13.8 Å². The number of rotatable bonds is 2. The number of Topliss-reactive ketones (excluding diaryl/α,β-unsaturated/α-hetero) is 1. The van der Waals surface area contributed by atoms with Crippen LogP contribution in [-0.4, -0.2) is 22.0 Å². The van der Waals surface area contributed by atoms with Crippen LogP contribution in [0.1, 0.15) is 13.8 Å². The number of carbonyl (C=O) groups excluding carboxylic acids is 1. The molecule has 56 valence electrons. The first kappa shape index (κ1) is 8.68. The molecule has 0 rings (SSSR count). The van der Waals surface area contributed by atoms with Crippen molar-refractivity contribution < 1.29 is 19.8 Å². The van der Waals surface area contributed by atoms with Gasteiger partial charge in [0.15, 0.2) is 5.78 Å². The Kier molecular flexibility index (Phi) is 2.61. The third-order valence-corrected chi connectivity index (χ3v) is 1.09. The number of aliphatic hydroxyl groups is 1. The molecule has 2 N–H and O–H groups in total. The lowest BCUT2D eigenvalue weighted by Gasteiger charge is -1.95. The Labute approximate surface area is 57.8 Å². The lowest BCUT2D eigenvalue weighted by atomic mass is 10.2. The summed E-state index contributed by atoms with van der Waals surface area (Å²) in [6.07, 6.45) is 0. The first-order valence-corrected chi connectivity index (χ1v) is 2.61. The molecule has 0 spiro atoms. The molecule has 0 saturated heterocycles. The molecule has 0 saturated carbocycles. The van der Waals surface area contributed by atoms with Crippen molar-refractivity contribution in [3.63, 3.8) is 0 Å². The Morgan fingerprint density at radius 2 is 1.50 bits per heavy atom. The molecule has 0 aliphatic heterocycles. The molecule has 0 unspecified atom stereocenters. The molecule has 0 bridgehead atoms. The number of ketones is 1. The van der Waals surface area contributed by atoms with Crippen molar-refractivity contribution >= 4 is 11.8 Å². The van der Waals surface area contributed by atoms with Crippen LogP contribution in [-0.2, 0) is 9.59 Å². The van der Waals surface area contributed by atoms with Crippen molar-refractivity contribution in [2.24, 2.45) is 0 Å². The molecule has 0 fully saturated rings. The van der Waals surface area contributed by atoms with Crippen LogP contribution in [0.25, 0.3) is 0 Å². The first-order valence-electron chi connectivity index (χ1n) is 2.61. The monoisotopic (exact) mass is 144 g/mol. The van der Waals surface area contributed by atoms with Crippen molar-refractivity contribution in [2.75, 3.05) is 0 Å². The van der Waals surface area contributed by atoms with E-state index in [2.05, 4.69) is 0 Å². The van der Waals surface area contributed by atoms with Crippen LogP contribution in [0.15, 0.2) is 11.3 Å². The minimum atomic E-state index is -1.48. The topological polar surface area (TPSA) is 74.6 Å². The second-order valence-electron chi connectivity index (χ2n) is 1.83. The highest BCUT2D eigenvalue weighted by atomic mass is 16.4. The molecular formula is C6H8O4. The summed E-state index contributed by atoms with van der Waals surface area (Å²) in [5.74, 6) is -2.81. The van der Waals surface area contributed by atoms with Crippen LogP contribution >= 0.6 is 0 Å². The number of aliphatic hydroxyl groups excluding tert-OH is 1. The van der Waals surface area contributed by atoms with Crippen molar-refractivity contribution in [2.45, 2.75) is 13.8 Å². The van der Waals surface area contributed by atoms with Gasteiger partial charge in [0.1, 0.15) is 0 Å². The predicted molar refractivity (Wildman–Crippen MR) is 33.6 cm³/mol. The maximum absolute atomic E-state index is 10.4. The minimum Gasteiger partial charge on any atom is -0.502 e. The summed E-state index contributed by atoms with van der Waals surface area (Å²) in [6.45, 7) is 2.44. The Hall–Kier alpha value is -1.32. The lowest BCUT2D eigenvalue weighted by molar-refractivity contribution is -0.136. The highest BCUT2D eigenvalue weighted by Gasteiger charge is 2.11. The van der Waals surface area contributed by atoms with E-state index in [0.29, 0.717) is 0 Å². The molecule has 0 aliphatic carbocycles. The molecule has 0 atom stereocenters. The van der Waals surface area contributed by atoms with Gasteiger partial charge in [-0.3, -0.25) is 4.79 Å². The number of carboxylic acids is 1. The van der Waals surface area contributed by atoms with Crippen LogP contribution in [0, 0.1) is 0 Å². The van der Waals surface area contributed by atoms with E-state index in [0.717, 1.165) is 0 Å². The molecular weight excluding hydrogens is 136 g/mol. The third-order valence-electron chi connectivity index (χ3n) is 1.09. The maximum Gasteiger partial charge on any atom is 0.371 e. The van der Waals surface area contributed by atoms with E-state index in [-0.39, 0.29) is 5.57 Å². The molecule has 4 nitrogen and oxygen atoms in total. The average Bonchev–Trinajstić information content (AvgIpc) is 1.84. The fraction of sp³-hybridized carbons (Fsp3) is 0.333. The molecule has 0 aromatic carbocycles. The van der Waals surface area contributed by atoms with Gasteiger partial charge in [-0.15, -0.1) is 0 Å². The maximum atomic E-state index is 10.4. The Balaban J connectivity index is 4.67. The number of allylic oxidation sites excluding steroid dienone is 1. The van der Waals surface area contributed by atoms with E-state index in [1.54, 1.807) is 0 Å². The van der Waals surface area contributed by atoms with Gasteiger partial charge in [-0.2, -0.15) is 0 Å². The zero-order valence-corrected chi connectivity index (χ0v) is 5.71.